The Morgan fingerprint density at radius 1 is 1.23 bits per heavy atom. The molecular formula is C18H18BrNO5S. The number of nitrogens with one attached hydrogen (secondary N) is 1. The second-order valence-corrected chi connectivity index (χ2v) is 9.17. The third kappa shape index (κ3) is 3.71. The molecule has 0 radical (unpaired) electrons. The van der Waals surface area contributed by atoms with Gasteiger partial charge >= 0.3 is 0 Å². The second-order valence-electron chi connectivity index (χ2n) is 6.30. The molecule has 8 heteroatoms. The molecule has 1 saturated carbocycles. The number of hydrogen-bond donors (Lipinski definition) is 3. The highest BCUT2D eigenvalue weighted by Crippen LogP contribution is 2.43. The average Bonchev–Trinajstić information content (AvgIpc) is 3.43. The van der Waals surface area contributed by atoms with E-state index in [9.17, 15) is 23.4 Å². The molecule has 26 heavy (non-hydrogen) atoms. The van der Waals surface area contributed by atoms with Crippen molar-refractivity contribution < 1.29 is 23.4 Å². The summed E-state index contributed by atoms with van der Waals surface area (Å²) in [5.41, 5.74) is 1.04. The molecule has 3 rings (SSSR count). The van der Waals surface area contributed by atoms with Crippen LogP contribution in [0.3, 0.4) is 0 Å². The fraction of sp³-hybridized carbons (Fsp3) is 0.278. The van der Waals surface area contributed by atoms with Crippen molar-refractivity contribution in [3.8, 4) is 11.5 Å². The lowest BCUT2D eigenvalue weighted by atomic mass is 10.0. The van der Waals surface area contributed by atoms with Gasteiger partial charge in [-0.25, -0.2) is 8.42 Å². The van der Waals surface area contributed by atoms with Gasteiger partial charge in [0.05, 0.1) is 11.3 Å². The number of aromatic hydroxyl groups is 2. The molecule has 0 aliphatic heterocycles. The minimum atomic E-state index is -3.93. The van der Waals surface area contributed by atoms with Crippen LogP contribution in [-0.2, 0) is 15.6 Å². The molecule has 0 aromatic heterocycles. The Morgan fingerprint density at radius 3 is 2.54 bits per heavy atom. The van der Waals surface area contributed by atoms with Crippen LogP contribution in [0.4, 0.5) is 0 Å². The molecule has 138 valence electrons. The van der Waals surface area contributed by atoms with Crippen LogP contribution in [0.5, 0.6) is 11.5 Å². The summed E-state index contributed by atoms with van der Waals surface area (Å²) in [6, 6.07) is 7.37. The van der Waals surface area contributed by atoms with E-state index in [1.54, 1.807) is 12.1 Å². The molecule has 1 aliphatic carbocycles. The van der Waals surface area contributed by atoms with E-state index in [4.69, 9.17) is 0 Å². The summed E-state index contributed by atoms with van der Waals surface area (Å²) in [4.78, 5) is 11.8. The number of carbonyl (C=O) groups excluding carboxylic acids is 1. The standard InChI is InChI=1S/C18H18BrNO5S/c1-20-18(23)14-7-11(10-2-3-10)6-12(17(14)22)9-26(24,25)16-8-13(19)4-5-15(16)21/h4-8,10,21-22H,2-3,9H2,1H3,(H,20,23). The second kappa shape index (κ2) is 6.92. The van der Waals surface area contributed by atoms with Gasteiger partial charge in [-0.2, -0.15) is 0 Å². The summed E-state index contributed by atoms with van der Waals surface area (Å²) in [7, 11) is -2.49. The highest BCUT2D eigenvalue weighted by Gasteiger charge is 2.29. The zero-order valence-corrected chi connectivity index (χ0v) is 16.4. The van der Waals surface area contributed by atoms with Gasteiger partial charge in [0.1, 0.15) is 16.4 Å². The van der Waals surface area contributed by atoms with Crippen molar-refractivity contribution in [2.75, 3.05) is 7.05 Å². The summed E-state index contributed by atoms with van der Waals surface area (Å²) in [6.45, 7) is 0. The number of benzene rings is 2. The van der Waals surface area contributed by atoms with E-state index in [0.717, 1.165) is 18.4 Å². The van der Waals surface area contributed by atoms with Crippen molar-refractivity contribution in [3.63, 3.8) is 0 Å². The zero-order chi connectivity index (χ0) is 19.1. The fourth-order valence-electron chi connectivity index (χ4n) is 2.81. The van der Waals surface area contributed by atoms with E-state index in [1.807, 2.05) is 0 Å². The molecule has 1 amide bonds. The minimum absolute atomic E-state index is 0.0561. The molecule has 2 aromatic rings. The molecule has 1 fully saturated rings. The van der Waals surface area contributed by atoms with Gasteiger partial charge in [0.2, 0.25) is 0 Å². The van der Waals surface area contributed by atoms with E-state index >= 15 is 0 Å². The van der Waals surface area contributed by atoms with Crippen molar-refractivity contribution in [2.24, 2.45) is 0 Å². The van der Waals surface area contributed by atoms with Crippen molar-refractivity contribution in [1.29, 1.82) is 0 Å². The van der Waals surface area contributed by atoms with Crippen LogP contribution >= 0.6 is 15.9 Å². The summed E-state index contributed by atoms with van der Waals surface area (Å²) in [6.07, 6.45) is 1.94. The van der Waals surface area contributed by atoms with E-state index < -0.39 is 21.5 Å². The number of rotatable bonds is 5. The number of phenols is 2. The van der Waals surface area contributed by atoms with Crippen molar-refractivity contribution in [3.05, 3.63) is 51.5 Å². The summed E-state index contributed by atoms with van der Waals surface area (Å²) in [5.74, 6) is -1.44. The molecule has 0 unspecified atom stereocenters. The predicted molar refractivity (Wildman–Crippen MR) is 100 cm³/mol. The van der Waals surface area contributed by atoms with Crippen LogP contribution in [-0.4, -0.2) is 31.6 Å². The van der Waals surface area contributed by atoms with Crippen molar-refractivity contribution >= 4 is 31.7 Å². The van der Waals surface area contributed by atoms with Crippen molar-refractivity contribution in [1.82, 2.24) is 5.32 Å². The summed E-state index contributed by atoms with van der Waals surface area (Å²) in [5, 5.41) is 22.8. The quantitative estimate of drug-likeness (QED) is 0.663. The van der Waals surface area contributed by atoms with Crippen LogP contribution < -0.4 is 5.32 Å². The largest absolute Gasteiger partial charge is 0.507 e. The Hall–Kier alpha value is -2.06. The molecule has 0 atom stereocenters. The highest BCUT2D eigenvalue weighted by molar-refractivity contribution is 9.10. The number of sulfone groups is 1. The molecule has 0 heterocycles. The van der Waals surface area contributed by atoms with Gasteiger partial charge in [-0.3, -0.25) is 4.79 Å². The zero-order valence-electron chi connectivity index (χ0n) is 14.0. The molecule has 0 spiro atoms. The van der Waals surface area contributed by atoms with Gasteiger partial charge in [0, 0.05) is 17.1 Å². The number of halogens is 1. The SMILES string of the molecule is CNC(=O)c1cc(C2CC2)cc(CS(=O)(=O)c2cc(Br)ccc2O)c1O. The number of amides is 1. The van der Waals surface area contributed by atoms with Crippen LogP contribution in [0.2, 0.25) is 0 Å². The van der Waals surface area contributed by atoms with Gasteiger partial charge in [-0.05, 0) is 48.6 Å². The third-order valence-electron chi connectivity index (χ3n) is 4.33. The first-order valence-electron chi connectivity index (χ1n) is 8.02. The van der Waals surface area contributed by atoms with Gasteiger partial charge in [0.25, 0.3) is 5.91 Å². The Bertz CT molecular complexity index is 983. The van der Waals surface area contributed by atoms with E-state index in [-0.39, 0.29) is 33.4 Å². The van der Waals surface area contributed by atoms with Gasteiger partial charge < -0.3 is 15.5 Å². The summed E-state index contributed by atoms with van der Waals surface area (Å²) >= 11 is 3.19. The average molecular weight is 440 g/mol. The molecule has 3 N–H and O–H groups in total. The molecule has 1 aliphatic rings. The molecule has 0 bridgehead atoms. The first-order valence-corrected chi connectivity index (χ1v) is 10.5. The van der Waals surface area contributed by atoms with E-state index in [2.05, 4.69) is 21.2 Å². The first kappa shape index (κ1) is 18.7. The van der Waals surface area contributed by atoms with Gasteiger partial charge in [0.15, 0.2) is 9.84 Å². The Morgan fingerprint density at radius 2 is 1.92 bits per heavy atom. The lowest BCUT2D eigenvalue weighted by molar-refractivity contribution is 0.0960. The first-order chi connectivity index (χ1) is 12.2. The highest BCUT2D eigenvalue weighted by atomic mass is 79.9. The van der Waals surface area contributed by atoms with Crippen molar-refractivity contribution in [2.45, 2.75) is 29.4 Å². The lowest BCUT2D eigenvalue weighted by Crippen LogP contribution is -2.19. The topological polar surface area (TPSA) is 104 Å². The van der Waals surface area contributed by atoms with Crippen LogP contribution in [0, 0.1) is 0 Å². The Labute approximate surface area is 159 Å². The smallest absolute Gasteiger partial charge is 0.254 e. The summed E-state index contributed by atoms with van der Waals surface area (Å²) < 4.78 is 26.1. The number of carbonyl (C=O) groups is 1. The van der Waals surface area contributed by atoms with Crippen LogP contribution in [0.25, 0.3) is 0 Å². The maximum absolute atomic E-state index is 12.8. The third-order valence-corrected chi connectivity index (χ3v) is 6.52. The molecule has 0 saturated heterocycles. The minimum Gasteiger partial charge on any atom is -0.507 e. The molecule has 2 aromatic carbocycles. The van der Waals surface area contributed by atoms with Crippen LogP contribution in [0.1, 0.15) is 40.2 Å². The molecule has 6 nitrogen and oxygen atoms in total. The fourth-order valence-corrected chi connectivity index (χ4v) is 4.80. The molecular weight excluding hydrogens is 422 g/mol. The number of hydrogen-bond acceptors (Lipinski definition) is 5. The number of phenolic OH excluding ortho intramolecular Hbond substituents is 2. The lowest BCUT2D eigenvalue weighted by Gasteiger charge is -2.13. The van der Waals surface area contributed by atoms with E-state index in [1.165, 1.54) is 25.2 Å². The Balaban J connectivity index is 2.07. The maximum atomic E-state index is 12.8. The van der Waals surface area contributed by atoms with Gasteiger partial charge in [-0.15, -0.1) is 0 Å². The Kier molecular flexibility index (Phi) is 4.98. The maximum Gasteiger partial charge on any atom is 0.254 e. The van der Waals surface area contributed by atoms with Gasteiger partial charge in [-0.1, -0.05) is 22.0 Å². The normalized spacial score (nSPS) is 14.2. The van der Waals surface area contributed by atoms with Crippen LogP contribution in [0.15, 0.2) is 39.7 Å². The monoisotopic (exact) mass is 439 g/mol. The van der Waals surface area contributed by atoms with E-state index in [0.29, 0.717) is 4.47 Å². The predicted octanol–water partition coefficient (Wildman–Crippen LogP) is 3.07.